The van der Waals surface area contributed by atoms with Crippen LogP contribution in [0.25, 0.3) is 17.2 Å². The first-order valence-electron chi connectivity index (χ1n) is 9.62. The normalized spacial score (nSPS) is 10.7. The smallest absolute Gasteiger partial charge is 0.341 e. The van der Waals surface area contributed by atoms with Crippen LogP contribution in [-0.2, 0) is 9.53 Å². The molecule has 2 aromatic carbocycles. The molecule has 0 radical (unpaired) electrons. The van der Waals surface area contributed by atoms with E-state index in [1.165, 1.54) is 17.4 Å². The topological polar surface area (TPSA) is 73.9 Å². The average Bonchev–Trinajstić information content (AvgIpc) is 3.21. The van der Waals surface area contributed by atoms with Gasteiger partial charge in [0, 0.05) is 22.6 Å². The van der Waals surface area contributed by atoms with Crippen LogP contribution in [-0.4, -0.2) is 32.7 Å². The van der Waals surface area contributed by atoms with E-state index >= 15 is 0 Å². The van der Waals surface area contributed by atoms with Crippen molar-refractivity contribution in [3.63, 3.8) is 0 Å². The van der Waals surface area contributed by atoms with Gasteiger partial charge in [-0.2, -0.15) is 0 Å². The lowest BCUT2D eigenvalue weighted by molar-refractivity contribution is -0.111. The van der Waals surface area contributed by atoms with Gasteiger partial charge in [0.1, 0.15) is 22.1 Å². The summed E-state index contributed by atoms with van der Waals surface area (Å²) in [5, 5.41) is 5.07. The van der Waals surface area contributed by atoms with Crippen LogP contribution in [0.15, 0.2) is 60.0 Å². The van der Waals surface area contributed by atoms with Crippen molar-refractivity contribution in [1.82, 2.24) is 0 Å². The number of nitrogens with one attached hydrogen (secondary N) is 1. The highest BCUT2D eigenvalue weighted by atomic mass is 32.1. The van der Waals surface area contributed by atoms with E-state index in [-0.39, 0.29) is 12.5 Å². The number of carbonyl (C=O) groups is 2. The summed E-state index contributed by atoms with van der Waals surface area (Å²) in [6.45, 7) is 1.99. The highest BCUT2D eigenvalue weighted by molar-refractivity contribution is 7.15. The fourth-order valence-electron chi connectivity index (χ4n) is 2.97. The molecule has 1 aromatic heterocycles. The predicted octanol–water partition coefficient (Wildman–Crippen LogP) is 5.26. The van der Waals surface area contributed by atoms with E-state index in [0.29, 0.717) is 27.6 Å². The predicted molar refractivity (Wildman–Crippen MR) is 123 cm³/mol. The molecule has 160 valence electrons. The van der Waals surface area contributed by atoms with E-state index in [9.17, 15) is 9.59 Å². The first kappa shape index (κ1) is 22.1. The lowest BCUT2D eigenvalue weighted by atomic mass is 10.0. The molecule has 0 atom stereocenters. The number of thiophene rings is 1. The van der Waals surface area contributed by atoms with E-state index in [0.717, 1.165) is 11.1 Å². The Hall–Kier alpha value is -3.58. The summed E-state index contributed by atoms with van der Waals surface area (Å²) in [7, 11) is 3.13. The molecule has 0 saturated carbocycles. The van der Waals surface area contributed by atoms with Crippen molar-refractivity contribution in [3.05, 3.63) is 71.1 Å². The maximum Gasteiger partial charge on any atom is 0.341 e. The van der Waals surface area contributed by atoms with E-state index in [2.05, 4.69) is 5.32 Å². The fourth-order valence-corrected chi connectivity index (χ4v) is 3.93. The highest BCUT2D eigenvalue weighted by Gasteiger charge is 2.22. The van der Waals surface area contributed by atoms with E-state index in [1.807, 2.05) is 35.7 Å². The Morgan fingerprint density at radius 2 is 1.84 bits per heavy atom. The summed E-state index contributed by atoms with van der Waals surface area (Å²) in [4.78, 5) is 25.2. The molecular formula is C24H23NO5S. The first-order valence-corrected chi connectivity index (χ1v) is 10.5. The minimum absolute atomic E-state index is 0.242. The number of hydrogen-bond donors (Lipinski definition) is 1. The van der Waals surface area contributed by atoms with Crippen LogP contribution < -0.4 is 14.8 Å². The number of benzene rings is 2. The van der Waals surface area contributed by atoms with E-state index < -0.39 is 5.97 Å². The van der Waals surface area contributed by atoms with Gasteiger partial charge in [-0.1, -0.05) is 30.3 Å². The van der Waals surface area contributed by atoms with Gasteiger partial charge in [0.05, 0.1) is 20.8 Å². The molecule has 0 aliphatic carbocycles. The number of methoxy groups -OCH3 is 2. The Bertz CT molecular complexity index is 1090. The molecule has 1 amide bonds. The van der Waals surface area contributed by atoms with E-state index in [1.54, 1.807) is 45.4 Å². The summed E-state index contributed by atoms with van der Waals surface area (Å²) in [6, 6.07) is 14.8. The van der Waals surface area contributed by atoms with Crippen molar-refractivity contribution in [2.75, 3.05) is 26.1 Å². The largest absolute Gasteiger partial charge is 0.497 e. The Labute approximate surface area is 185 Å². The highest BCUT2D eigenvalue weighted by Crippen LogP contribution is 2.36. The average molecular weight is 438 g/mol. The molecule has 0 saturated heterocycles. The van der Waals surface area contributed by atoms with Crippen LogP contribution in [0.2, 0.25) is 0 Å². The molecule has 1 heterocycles. The number of amides is 1. The van der Waals surface area contributed by atoms with Crippen molar-refractivity contribution in [1.29, 1.82) is 0 Å². The SMILES string of the molecule is CCOC(=O)c1c(-c2ccccc2)csc1NC(=O)/C=C/c1cc(OC)ccc1OC. The molecule has 0 fully saturated rings. The number of ether oxygens (including phenoxy) is 3. The van der Waals surface area contributed by atoms with Crippen LogP contribution in [0, 0.1) is 0 Å². The summed E-state index contributed by atoms with van der Waals surface area (Å²) in [5.41, 5.74) is 2.63. The summed E-state index contributed by atoms with van der Waals surface area (Å²) >= 11 is 1.28. The number of anilines is 1. The first-order chi connectivity index (χ1) is 15.1. The van der Waals surface area contributed by atoms with Gasteiger partial charge >= 0.3 is 5.97 Å². The number of carbonyl (C=O) groups excluding carboxylic acids is 2. The second kappa shape index (κ2) is 10.4. The number of esters is 1. The number of hydrogen-bond acceptors (Lipinski definition) is 6. The van der Waals surface area contributed by atoms with Crippen molar-refractivity contribution >= 4 is 34.3 Å². The molecule has 6 nitrogen and oxygen atoms in total. The third-order valence-corrected chi connectivity index (χ3v) is 5.34. The quantitative estimate of drug-likeness (QED) is 0.384. The Kier molecular flexibility index (Phi) is 7.45. The standard InChI is InChI=1S/C24H23NO5S/c1-4-30-24(27)22-19(16-8-6-5-7-9-16)15-31-23(22)25-21(26)13-10-17-14-18(28-2)11-12-20(17)29-3/h5-15H,4H2,1-3H3,(H,25,26)/b13-10+. The molecule has 0 bridgehead atoms. The van der Waals surface area contributed by atoms with Crippen LogP contribution in [0.1, 0.15) is 22.8 Å². The molecule has 0 aliphatic rings. The molecular weight excluding hydrogens is 414 g/mol. The minimum atomic E-state index is -0.476. The lowest BCUT2D eigenvalue weighted by Gasteiger charge is -2.08. The van der Waals surface area contributed by atoms with Crippen LogP contribution in [0.4, 0.5) is 5.00 Å². The zero-order valence-electron chi connectivity index (χ0n) is 17.5. The molecule has 3 aromatic rings. The van der Waals surface area contributed by atoms with Crippen molar-refractivity contribution in [2.45, 2.75) is 6.92 Å². The molecule has 0 unspecified atom stereocenters. The second-order valence-electron chi connectivity index (χ2n) is 6.37. The van der Waals surface area contributed by atoms with Crippen LogP contribution in [0.3, 0.4) is 0 Å². The molecule has 1 N–H and O–H groups in total. The third kappa shape index (κ3) is 5.32. The van der Waals surface area contributed by atoms with Gasteiger partial charge < -0.3 is 19.5 Å². The summed E-state index contributed by atoms with van der Waals surface area (Å²) < 4.78 is 15.8. The zero-order chi connectivity index (χ0) is 22.2. The van der Waals surface area contributed by atoms with Crippen molar-refractivity contribution in [3.8, 4) is 22.6 Å². The fraction of sp³-hybridized carbons (Fsp3) is 0.167. The van der Waals surface area contributed by atoms with Crippen molar-refractivity contribution in [2.24, 2.45) is 0 Å². The van der Waals surface area contributed by atoms with Gasteiger partial charge in [0.25, 0.3) is 0 Å². The lowest BCUT2D eigenvalue weighted by Crippen LogP contribution is -2.12. The monoisotopic (exact) mass is 437 g/mol. The third-order valence-electron chi connectivity index (χ3n) is 4.44. The van der Waals surface area contributed by atoms with E-state index in [4.69, 9.17) is 14.2 Å². The van der Waals surface area contributed by atoms with Crippen LogP contribution >= 0.6 is 11.3 Å². The molecule has 3 rings (SSSR count). The van der Waals surface area contributed by atoms with Crippen LogP contribution in [0.5, 0.6) is 11.5 Å². The van der Waals surface area contributed by atoms with Gasteiger partial charge in [-0.15, -0.1) is 11.3 Å². The van der Waals surface area contributed by atoms with Gasteiger partial charge in [-0.3, -0.25) is 4.79 Å². The maximum atomic E-state index is 12.6. The Morgan fingerprint density at radius 1 is 1.06 bits per heavy atom. The van der Waals surface area contributed by atoms with Gasteiger partial charge in [-0.05, 0) is 36.8 Å². The summed E-state index contributed by atoms with van der Waals surface area (Å²) in [6.07, 6.45) is 3.01. The second-order valence-corrected chi connectivity index (χ2v) is 7.25. The maximum absolute atomic E-state index is 12.6. The molecule has 0 spiro atoms. The Balaban J connectivity index is 1.87. The molecule has 0 aliphatic heterocycles. The molecule has 31 heavy (non-hydrogen) atoms. The zero-order valence-corrected chi connectivity index (χ0v) is 18.3. The molecule has 7 heteroatoms. The Morgan fingerprint density at radius 3 is 2.52 bits per heavy atom. The van der Waals surface area contributed by atoms with Gasteiger partial charge in [0.15, 0.2) is 0 Å². The van der Waals surface area contributed by atoms with Gasteiger partial charge in [0.2, 0.25) is 5.91 Å². The minimum Gasteiger partial charge on any atom is -0.497 e. The number of rotatable bonds is 8. The van der Waals surface area contributed by atoms with Crippen molar-refractivity contribution < 1.29 is 23.8 Å². The van der Waals surface area contributed by atoms with Gasteiger partial charge in [-0.25, -0.2) is 4.79 Å². The summed E-state index contributed by atoms with van der Waals surface area (Å²) in [5.74, 6) is 0.406.